The van der Waals surface area contributed by atoms with Gasteiger partial charge in [-0.3, -0.25) is 0 Å². The van der Waals surface area contributed by atoms with Crippen molar-refractivity contribution in [1.29, 1.82) is 0 Å². The third-order valence-electron chi connectivity index (χ3n) is 3.42. The van der Waals surface area contributed by atoms with Crippen LogP contribution in [-0.2, 0) is 5.41 Å². The van der Waals surface area contributed by atoms with E-state index in [1.165, 1.54) is 11.1 Å². The molecule has 0 atom stereocenters. The number of hydrogen-bond donors (Lipinski definition) is 1. The molecule has 0 aliphatic heterocycles. The molecule has 23 heavy (non-hydrogen) atoms. The van der Waals surface area contributed by atoms with Gasteiger partial charge in [0.15, 0.2) is 5.69 Å². The Kier molecular flexibility index (Phi) is 3.48. The van der Waals surface area contributed by atoms with Gasteiger partial charge in [-0.05, 0) is 30.3 Å². The highest BCUT2D eigenvalue weighted by atomic mass is 16.4. The van der Waals surface area contributed by atoms with Crippen LogP contribution in [-0.4, -0.2) is 31.1 Å². The first-order valence-electron chi connectivity index (χ1n) is 7.07. The van der Waals surface area contributed by atoms with E-state index in [4.69, 9.17) is 4.42 Å². The minimum atomic E-state index is -1.02. The Hall–Kier alpha value is -2.96. The van der Waals surface area contributed by atoms with E-state index in [0.717, 1.165) is 11.3 Å². The quantitative estimate of drug-likeness (QED) is 0.799. The molecule has 0 saturated carbocycles. The predicted octanol–water partition coefficient (Wildman–Crippen LogP) is 2.92. The number of carbonyl (C=O) groups is 1. The van der Waals surface area contributed by atoms with Crippen molar-refractivity contribution >= 4 is 5.97 Å². The van der Waals surface area contributed by atoms with Gasteiger partial charge in [-0.15, -0.1) is 10.2 Å². The highest BCUT2D eigenvalue weighted by Crippen LogP contribution is 2.25. The summed E-state index contributed by atoms with van der Waals surface area (Å²) in [4.78, 5) is 11.5. The van der Waals surface area contributed by atoms with Gasteiger partial charge in [-0.25, -0.2) is 9.48 Å². The standard InChI is InChI=1S/C16H16N4O3/c1-16(2,3)13-8-12(15(21)22)20(19-13)11-6-4-10(5-7-11)14-18-17-9-23-14/h4-9H,1-3H3,(H,21,22). The highest BCUT2D eigenvalue weighted by molar-refractivity contribution is 5.86. The van der Waals surface area contributed by atoms with Crippen LogP contribution in [0.25, 0.3) is 17.1 Å². The van der Waals surface area contributed by atoms with Gasteiger partial charge in [-0.1, -0.05) is 20.8 Å². The van der Waals surface area contributed by atoms with E-state index >= 15 is 0 Å². The van der Waals surface area contributed by atoms with Crippen molar-refractivity contribution in [3.05, 3.63) is 48.1 Å². The van der Waals surface area contributed by atoms with E-state index in [-0.39, 0.29) is 11.1 Å². The van der Waals surface area contributed by atoms with Gasteiger partial charge in [0, 0.05) is 11.0 Å². The number of carboxylic acids is 1. The van der Waals surface area contributed by atoms with Crippen LogP contribution in [0.1, 0.15) is 37.0 Å². The Labute approximate surface area is 132 Å². The van der Waals surface area contributed by atoms with E-state index in [1.807, 2.05) is 20.8 Å². The zero-order valence-corrected chi connectivity index (χ0v) is 13.0. The topological polar surface area (TPSA) is 94.0 Å². The van der Waals surface area contributed by atoms with E-state index < -0.39 is 5.97 Å². The Balaban J connectivity index is 2.04. The summed E-state index contributed by atoms with van der Waals surface area (Å²) >= 11 is 0. The first-order valence-corrected chi connectivity index (χ1v) is 7.07. The summed E-state index contributed by atoms with van der Waals surface area (Å²) in [6.45, 7) is 5.97. The summed E-state index contributed by atoms with van der Waals surface area (Å²) in [6, 6.07) is 8.71. The van der Waals surface area contributed by atoms with Crippen LogP contribution in [0.3, 0.4) is 0 Å². The summed E-state index contributed by atoms with van der Waals surface area (Å²) < 4.78 is 6.57. The lowest BCUT2D eigenvalue weighted by molar-refractivity contribution is 0.0687. The SMILES string of the molecule is CC(C)(C)c1cc(C(=O)O)n(-c2ccc(-c3nnco3)cc2)n1. The van der Waals surface area contributed by atoms with Crippen LogP contribution in [0.5, 0.6) is 0 Å². The molecule has 3 rings (SSSR count). The van der Waals surface area contributed by atoms with Crippen molar-refractivity contribution in [3.8, 4) is 17.1 Å². The lowest BCUT2D eigenvalue weighted by Crippen LogP contribution is -2.12. The van der Waals surface area contributed by atoms with Gasteiger partial charge >= 0.3 is 5.97 Å². The molecule has 0 spiro atoms. The molecule has 0 saturated heterocycles. The first kappa shape index (κ1) is 15.0. The fraction of sp³-hybridized carbons (Fsp3) is 0.250. The van der Waals surface area contributed by atoms with Crippen LogP contribution in [0, 0.1) is 0 Å². The average Bonchev–Trinajstić information content (AvgIpc) is 3.16. The second kappa shape index (κ2) is 5.35. The third kappa shape index (κ3) is 2.85. The molecule has 3 aromatic rings. The van der Waals surface area contributed by atoms with E-state index in [2.05, 4.69) is 15.3 Å². The summed E-state index contributed by atoms with van der Waals surface area (Å²) in [6.07, 6.45) is 1.26. The van der Waals surface area contributed by atoms with Crippen molar-refractivity contribution in [3.63, 3.8) is 0 Å². The molecule has 0 aliphatic rings. The molecule has 1 N–H and O–H groups in total. The highest BCUT2D eigenvalue weighted by Gasteiger charge is 2.23. The van der Waals surface area contributed by atoms with Crippen LogP contribution >= 0.6 is 0 Å². The average molecular weight is 312 g/mol. The molecule has 0 radical (unpaired) electrons. The molecule has 0 fully saturated rings. The summed E-state index contributed by atoms with van der Waals surface area (Å²) in [5, 5.41) is 21.3. The molecule has 7 heteroatoms. The van der Waals surface area contributed by atoms with Crippen LogP contribution < -0.4 is 0 Å². The second-order valence-corrected chi connectivity index (χ2v) is 6.17. The zero-order valence-electron chi connectivity index (χ0n) is 13.0. The normalized spacial score (nSPS) is 11.6. The summed E-state index contributed by atoms with van der Waals surface area (Å²) in [7, 11) is 0. The van der Waals surface area contributed by atoms with Gasteiger partial charge < -0.3 is 9.52 Å². The number of rotatable bonds is 3. The molecule has 0 bridgehead atoms. The molecule has 0 amide bonds. The Morgan fingerprint density at radius 2 is 1.91 bits per heavy atom. The fourth-order valence-corrected chi connectivity index (χ4v) is 2.14. The van der Waals surface area contributed by atoms with Crippen LogP contribution in [0.4, 0.5) is 0 Å². The maximum absolute atomic E-state index is 11.5. The van der Waals surface area contributed by atoms with E-state index in [0.29, 0.717) is 11.6 Å². The zero-order chi connectivity index (χ0) is 16.6. The van der Waals surface area contributed by atoms with Crippen molar-refractivity contribution in [2.75, 3.05) is 0 Å². The number of carboxylic acid groups (broad SMARTS) is 1. The third-order valence-corrected chi connectivity index (χ3v) is 3.42. The lowest BCUT2D eigenvalue weighted by atomic mass is 9.92. The van der Waals surface area contributed by atoms with Crippen molar-refractivity contribution in [2.45, 2.75) is 26.2 Å². The van der Waals surface area contributed by atoms with Crippen molar-refractivity contribution in [2.24, 2.45) is 0 Å². The molecule has 1 aromatic carbocycles. The smallest absolute Gasteiger partial charge is 0.354 e. The number of hydrogen-bond acceptors (Lipinski definition) is 5. The number of nitrogens with zero attached hydrogens (tertiary/aromatic N) is 4. The Morgan fingerprint density at radius 1 is 1.22 bits per heavy atom. The van der Waals surface area contributed by atoms with E-state index in [9.17, 15) is 9.90 Å². The summed E-state index contributed by atoms with van der Waals surface area (Å²) in [5.74, 6) is -0.611. The maximum Gasteiger partial charge on any atom is 0.354 e. The van der Waals surface area contributed by atoms with Gasteiger partial charge in [0.1, 0.15) is 0 Å². The maximum atomic E-state index is 11.5. The van der Waals surface area contributed by atoms with Gasteiger partial charge in [0.25, 0.3) is 0 Å². The van der Waals surface area contributed by atoms with Gasteiger partial charge in [-0.2, -0.15) is 5.10 Å². The largest absolute Gasteiger partial charge is 0.477 e. The number of benzene rings is 1. The lowest BCUT2D eigenvalue weighted by Gasteiger charge is -2.14. The van der Waals surface area contributed by atoms with Crippen LogP contribution in [0.2, 0.25) is 0 Å². The van der Waals surface area contributed by atoms with Crippen LogP contribution in [0.15, 0.2) is 41.1 Å². The monoisotopic (exact) mass is 312 g/mol. The molecular formula is C16H16N4O3. The second-order valence-electron chi connectivity index (χ2n) is 6.17. The summed E-state index contributed by atoms with van der Waals surface area (Å²) in [5.41, 5.74) is 2.02. The molecule has 118 valence electrons. The van der Waals surface area contributed by atoms with Gasteiger partial charge in [0.05, 0.1) is 11.4 Å². The van der Waals surface area contributed by atoms with E-state index in [1.54, 1.807) is 30.3 Å². The minimum Gasteiger partial charge on any atom is -0.477 e. The fourth-order valence-electron chi connectivity index (χ4n) is 2.14. The molecule has 2 heterocycles. The van der Waals surface area contributed by atoms with Crippen molar-refractivity contribution in [1.82, 2.24) is 20.0 Å². The molecule has 0 unspecified atom stereocenters. The van der Waals surface area contributed by atoms with Crippen molar-refractivity contribution < 1.29 is 14.3 Å². The van der Waals surface area contributed by atoms with Gasteiger partial charge in [0.2, 0.25) is 12.3 Å². The molecule has 0 aliphatic carbocycles. The Morgan fingerprint density at radius 3 is 2.43 bits per heavy atom. The predicted molar refractivity (Wildman–Crippen MR) is 82.5 cm³/mol. The first-order chi connectivity index (χ1) is 10.9. The molecular weight excluding hydrogens is 296 g/mol. The Bertz CT molecular complexity index is 827. The minimum absolute atomic E-state index is 0.125. The molecule has 2 aromatic heterocycles. The number of aromatic carboxylic acids is 1. The number of aromatic nitrogens is 4. The molecule has 7 nitrogen and oxygen atoms in total.